The van der Waals surface area contributed by atoms with Crippen LogP contribution in [0.15, 0.2) is 48.5 Å². The molecule has 2 N–H and O–H groups in total. The van der Waals surface area contributed by atoms with Crippen molar-refractivity contribution >= 4 is 23.4 Å². The SMILES string of the molecule is CCCCc1ccc(NC(=O)Nc2ccc(C(=O)OCC)cc2)cc1. The highest BCUT2D eigenvalue weighted by Crippen LogP contribution is 2.14. The van der Waals surface area contributed by atoms with Gasteiger partial charge < -0.3 is 15.4 Å². The smallest absolute Gasteiger partial charge is 0.338 e. The third kappa shape index (κ3) is 5.95. The number of hydrogen-bond acceptors (Lipinski definition) is 3. The van der Waals surface area contributed by atoms with Crippen molar-refractivity contribution in [3.05, 3.63) is 59.7 Å². The Balaban J connectivity index is 1.88. The monoisotopic (exact) mass is 340 g/mol. The standard InChI is InChI=1S/C20H24N2O3/c1-3-5-6-15-7-11-17(12-8-15)21-20(24)22-18-13-9-16(10-14-18)19(23)25-4-2/h7-14H,3-6H2,1-2H3,(H2,21,22,24). The Kier molecular flexibility index (Phi) is 7.01. The number of ether oxygens (including phenoxy) is 1. The number of rotatable bonds is 7. The molecule has 2 aromatic carbocycles. The average molecular weight is 340 g/mol. The lowest BCUT2D eigenvalue weighted by Gasteiger charge is -2.09. The van der Waals surface area contributed by atoms with Gasteiger partial charge in [0.05, 0.1) is 12.2 Å². The zero-order chi connectivity index (χ0) is 18.1. The van der Waals surface area contributed by atoms with Crippen LogP contribution in [-0.2, 0) is 11.2 Å². The van der Waals surface area contributed by atoms with Gasteiger partial charge in [-0.3, -0.25) is 0 Å². The highest BCUT2D eigenvalue weighted by molar-refractivity contribution is 6.00. The van der Waals surface area contributed by atoms with Gasteiger partial charge in [-0.2, -0.15) is 0 Å². The third-order valence-electron chi connectivity index (χ3n) is 3.68. The Morgan fingerprint density at radius 3 is 1.96 bits per heavy atom. The number of carbonyl (C=O) groups excluding carboxylic acids is 2. The molecule has 0 fully saturated rings. The molecule has 0 radical (unpaired) electrons. The summed E-state index contributed by atoms with van der Waals surface area (Å²) in [4.78, 5) is 23.6. The number of esters is 1. The molecule has 0 aliphatic rings. The quantitative estimate of drug-likeness (QED) is 0.708. The summed E-state index contributed by atoms with van der Waals surface area (Å²) in [6.45, 7) is 4.26. The van der Waals surface area contributed by atoms with Gasteiger partial charge in [0.25, 0.3) is 0 Å². The maximum absolute atomic E-state index is 12.0. The van der Waals surface area contributed by atoms with Crippen LogP contribution >= 0.6 is 0 Å². The number of anilines is 2. The van der Waals surface area contributed by atoms with Crippen LogP contribution in [-0.4, -0.2) is 18.6 Å². The summed E-state index contributed by atoms with van der Waals surface area (Å²) < 4.78 is 4.92. The number of aryl methyl sites for hydroxylation is 1. The van der Waals surface area contributed by atoms with Crippen LogP contribution in [0.5, 0.6) is 0 Å². The fraction of sp³-hybridized carbons (Fsp3) is 0.300. The second-order valence-corrected chi connectivity index (χ2v) is 5.68. The van der Waals surface area contributed by atoms with Crippen LogP contribution in [0.1, 0.15) is 42.6 Å². The summed E-state index contributed by atoms with van der Waals surface area (Å²) in [5, 5.41) is 5.52. The highest BCUT2D eigenvalue weighted by Gasteiger charge is 2.07. The van der Waals surface area contributed by atoms with Gasteiger partial charge in [0.2, 0.25) is 0 Å². The van der Waals surface area contributed by atoms with Gasteiger partial charge in [-0.05, 0) is 61.7 Å². The van der Waals surface area contributed by atoms with E-state index in [9.17, 15) is 9.59 Å². The molecule has 0 saturated carbocycles. The van der Waals surface area contributed by atoms with E-state index in [-0.39, 0.29) is 12.0 Å². The number of benzene rings is 2. The Hall–Kier alpha value is -2.82. The summed E-state index contributed by atoms with van der Waals surface area (Å²) in [5.41, 5.74) is 3.06. The van der Waals surface area contributed by atoms with E-state index in [0.29, 0.717) is 17.9 Å². The van der Waals surface area contributed by atoms with Crippen LogP contribution in [0.25, 0.3) is 0 Å². The van der Waals surface area contributed by atoms with Crippen LogP contribution in [0.2, 0.25) is 0 Å². The van der Waals surface area contributed by atoms with E-state index in [1.54, 1.807) is 31.2 Å². The Bertz CT molecular complexity index is 694. The largest absolute Gasteiger partial charge is 0.462 e. The van der Waals surface area contributed by atoms with Crippen LogP contribution in [0, 0.1) is 0 Å². The van der Waals surface area contributed by atoms with E-state index in [4.69, 9.17) is 4.74 Å². The van der Waals surface area contributed by atoms with Crippen molar-refractivity contribution in [2.75, 3.05) is 17.2 Å². The first-order valence-electron chi connectivity index (χ1n) is 8.56. The maximum Gasteiger partial charge on any atom is 0.338 e. The van der Waals surface area contributed by atoms with E-state index in [1.165, 1.54) is 5.56 Å². The lowest BCUT2D eigenvalue weighted by Crippen LogP contribution is -2.19. The summed E-state index contributed by atoms with van der Waals surface area (Å²) in [6.07, 6.45) is 3.38. The first-order valence-corrected chi connectivity index (χ1v) is 8.56. The summed E-state index contributed by atoms with van der Waals surface area (Å²) in [7, 11) is 0. The molecule has 0 aliphatic carbocycles. The van der Waals surface area contributed by atoms with E-state index in [1.807, 2.05) is 24.3 Å². The van der Waals surface area contributed by atoms with Crippen molar-refractivity contribution < 1.29 is 14.3 Å². The minimum Gasteiger partial charge on any atom is -0.462 e. The molecule has 2 amide bonds. The molecule has 132 valence electrons. The molecule has 0 saturated heterocycles. The van der Waals surface area contributed by atoms with Crippen molar-refractivity contribution in [3.8, 4) is 0 Å². The molecule has 2 aromatic rings. The van der Waals surface area contributed by atoms with Gasteiger partial charge in [-0.1, -0.05) is 25.5 Å². The van der Waals surface area contributed by atoms with Gasteiger partial charge >= 0.3 is 12.0 Å². The number of urea groups is 1. The minimum absolute atomic E-state index is 0.329. The molecular formula is C20H24N2O3. The Labute approximate surface area is 148 Å². The first-order chi connectivity index (χ1) is 12.1. The molecule has 0 bridgehead atoms. The van der Waals surface area contributed by atoms with Gasteiger partial charge in [0.1, 0.15) is 0 Å². The fourth-order valence-corrected chi connectivity index (χ4v) is 2.33. The summed E-state index contributed by atoms with van der Waals surface area (Å²) in [5.74, 6) is -0.373. The third-order valence-corrected chi connectivity index (χ3v) is 3.68. The average Bonchev–Trinajstić information content (AvgIpc) is 2.62. The predicted molar refractivity (Wildman–Crippen MR) is 100 cm³/mol. The number of carbonyl (C=O) groups is 2. The van der Waals surface area contributed by atoms with Crippen molar-refractivity contribution in [2.24, 2.45) is 0 Å². The van der Waals surface area contributed by atoms with Gasteiger partial charge in [-0.15, -0.1) is 0 Å². The molecule has 5 heteroatoms. The molecule has 5 nitrogen and oxygen atoms in total. The molecule has 25 heavy (non-hydrogen) atoms. The minimum atomic E-state index is -0.373. The number of unbranched alkanes of at least 4 members (excludes halogenated alkanes) is 1. The molecule has 0 aliphatic heterocycles. The second-order valence-electron chi connectivity index (χ2n) is 5.68. The first kappa shape index (κ1) is 18.5. The van der Waals surface area contributed by atoms with Gasteiger partial charge in [0, 0.05) is 11.4 Å². The summed E-state index contributed by atoms with van der Waals surface area (Å²) in [6, 6.07) is 14.1. The fourth-order valence-electron chi connectivity index (χ4n) is 2.33. The lowest BCUT2D eigenvalue weighted by molar-refractivity contribution is 0.0526. The van der Waals surface area contributed by atoms with Crippen molar-refractivity contribution in [3.63, 3.8) is 0 Å². The lowest BCUT2D eigenvalue weighted by atomic mass is 10.1. The van der Waals surface area contributed by atoms with Crippen molar-refractivity contribution in [1.82, 2.24) is 0 Å². The zero-order valence-corrected chi connectivity index (χ0v) is 14.7. The van der Waals surface area contributed by atoms with Crippen LogP contribution < -0.4 is 10.6 Å². The highest BCUT2D eigenvalue weighted by atomic mass is 16.5. The topological polar surface area (TPSA) is 67.4 Å². The molecular weight excluding hydrogens is 316 g/mol. The molecule has 0 heterocycles. The predicted octanol–water partition coefficient (Wildman–Crippen LogP) is 4.85. The van der Waals surface area contributed by atoms with Gasteiger partial charge in [0.15, 0.2) is 0 Å². The van der Waals surface area contributed by atoms with E-state index in [2.05, 4.69) is 17.6 Å². The second kappa shape index (κ2) is 9.47. The Morgan fingerprint density at radius 2 is 1.44 bits per heavy atom. The van der Waals surface area contributed by atoms with Crippen molar-refractivity contribution in [2.45, 2.75) is 33.1 Å². The molecule has 0 spiro atoms. The molecule has 0 unspecified atom stereocenters. The van der Waals surface area contributed by atoms with Crippen LogP contribution in [0.3, 0.4) is 0 Å². The molecule has 0 atom stereocenters. The van der Waals surface area contributed by atoms with Crippen molar-refractivity contribution in [1.29, 1.82) is 0 Å². The number of amides is 2. The molecule has 2 rings (SSSR count). The number of nitrogens with one attached hydrogen (secondary N) is 2. The molecule has 0 aromatic heterocycles. The number of hydrogen-bond donors (Lipinski definition) is 2. The van der Waals surface area contributed by atoms with Crippen LogP contribution in [0.4, 0.5) is 16.2 Å². The normalized spacial score (nSPS) is 10.2. The van der Waals surface area contributed by atoms with E-state index >= 15 is 0 Å². The zero-order valence-electron chi connectivity index (χ0n) is 14.7. The summed E-state index contributed by atoms with van der Waals surface area (Å²) >= 11 is 0. The Morgan fingerprint density at radius 1 is 0.880 bits per heavy atom. The maximum atomic E-state index is 12.0. The van der Waals surface area contributed by atoms with Gasteiger partial charge in [-0.25, -0.2) is 9.59 Å². The van der Waals surface area contributed by atoms with E-state index in [0.717, 1.165) is 24.9 Å². The van der Waals surface area contributed by atoms with E-state index < -0.39 is 0 Å².